The summed E-state index contributed by atoms with van der Waals surface area (Å²) in [6.45, 7) is 2.09. The maximum atomic E-state index is 13.1. The first-order chi connectivity index (χ1) is 14.4. The van der Waals surface area contributed by atoms with Crippen molar-refractivity contribution in [2.24, 2.45) is 5.41 Å². The third kappa shape index (κ3) is 3.99. The summed E-state index contributed by atoms with van der Waals surface area (Å²) in [6, 6.07) is 4.31. The first kappa shape index (κ1) is 19.7. The lowest BCUT2D eigenvalue weighted by atomic mass is 9.70. The number of hydrogen-bond donors (Lipinski definition) is 3. The highest BCUT2D eigenvalue weighted by molar-refractivity contribution is 5.54. The molecule has 4 heterocycles. The molecule has 0 aromatic carbocycles. The van der Waals surface area contributed by atoms with E-state index in [1.807, 2.05) is 6.07 Å². The summed E-state index contributed by atoms with van der Waals surface area (Å²) in [7, 11) is 0. The van der Waals surface area contributed by atoms with Gasteiger partial charge in [0.2, 0.25) is 5.95 Å². The Morgan fingerprint density at radius 2 is 2.07 bits per heavy atom. The van der Waals surface area contributed by atoms with Gasteiger partial charge >= 0.3 is 0 Å². The second-order valence-electron chi connectivity index (χ2n) is 9.42. The first-order valence-corrected chi connectivity index (χ1v) is 10.9. The quantitative estimate of drug-likeness (QED) is 0.606. The summed E-state index contributed by atoms with van der Waals surface area (Å²) in [5.74, 6) is 0.0878. The Kier molecular flexibility index (Phi) is 4.88. The van der Waals surface area contributed by atoms with Crippen molar-refractivity contribution in [2.75, 3.05) is 29.9 Å². The van der Waals surface area contributed by atoms with E-state index in [1.54, 1.807) is 6.20 Å². The Hall–Kier alpha value is -2.29. The summed E-state index contributed by atoms with van der Waals surface area (Å²) in [5, 5.41) is 13.8. The van der Waals surface area contributed by atoms with Gasteiger partial charge in [0.1, 0.15) is 5.82 Å². The number of fused-ring (bicyclic) bond motifs is 1. The van der Waals surface area contributed by atoms with E-state index < -0.39 is 5.92 Å². The second-order valence-corrected chi connectivity index (χ2v) is 9.42. The van der Waals surface area contributed by atoms with Gasteiger partial charge in [0.25, 0.3) is 5.92 Å². The van der Waals surface area contributed by atoms with Gasteiger partial charge in [-0.05, 0) is 31.7 Å². The predicted octanol–water partition coefficient (Wildman–Crippen LogP) is 3.81. The smallest absolute Gasteiger partial charge is 0.257 e. The van der Waals surface area contributed by atoms with Crippen LogP contribution in [0.5, 0.6) is 0 Å². The van der Waals surface area contributed by atoms with Crippen LogP contribution in [0.4, 0.5) is 26.4 Å². The summed E-state index contributed by atoms with van der Waals surface area (Å²) < 4.78 is 26.2. The SMILES string of the molecule is CC(F)(F)CNCC12CC(C1)N(c1nccc(Nc3cc(C4CCCC4)[nH]n3)n1)C2. The highest BCUT2D eigenvalue weighted by Crippen LogP contribution is 2.52. The summed E-state index contributed by atoms with van der Waals surface area (Å²) in [4.78, 5) is 11.4. The van der Waals surface area contributed by atoms with Gasteiger partial charge in [-0.2, -0.15) is 10.1 Å². The minimum Gasteiger partial charge on any atom is -0.337 e. The van der Waals surface area contributed by atoms with Gasteiger partial charge in [0.15, 0.2) is 5.82 Å². The fourth-order valence-electron chi connectivity index (χ4n) is 5.30. The summed E-state index contributed by atoms with van der Waals surface area (Å²) >= 11 is 0. The standard InChI is InChI=1S/C21H29F2N7/c1-20(22,23)11-24-12-21-9-15(10-21)30(13-21)19-25-7-6-17(27-19)26-18-8-16(28-29-18)14-4-2-3-5-14/h6-8,14-15,24H,2-5,9-13H2,1H3,(H2,25,26,27,28,29). The lowest BCUT2D eigenvalue weighted by Gasteiger charge is -2.37. The largest absolute Gasteiger partial charge is 0.337 e. The maximum absolute atomic E-state index is 13.1. The van der Waals surface area contributed by atoms with Crippen molar-refractivity contribution in [1.82, 2.24) is 25.5 Å². The molecule has 4 fully saturated rings. The van der Waals surface area contributed by atoms with E-state index in [0.717, 1.165) is 32.1 Å². The molecule has 0 radical (unpaired) electrons. The van der Waals surface area contributed by atoms with Crippen LogP contribution in [0.3, 0.4) is 0 Å². The van der Waals surface area contributed by atoms with E-state index in [1.165, 1.54) is 31.4 Å². The van der Waals surface area contributed by atoms with E-state index in [0.29, 0.717) is 30.3 Å². The second kappa shape index (κ2) is 7.44. The van der Waals surface area contributed by atoms with E-state index in [9.17, 15) is 8.78 Å². The summed E-state index contributed by atoms with van der Waals surface area (Å²) in [5.41, 5.74) is 1.25. The van der Waals surface area contributed by atoms with Gasteiger partial charge in [-0.3, -0.25) is 5.10 Å². The highest BCUT2D eigenvalue weighted by Gasteiger charge is 2.55. The molecule has 0 atom stereocenters. The minimum absolute atomic E-state index is 0.0566. The Bertz CT molecular complexity index is 881. The molecular weight excluding hydrogens is 388 g/mol. The minimum atomic E-state index is -2.68. The molecule has 9 heteroatoms. The number of halogens is 2. The number of H-pyrrole nitrogens is 1. The van der Waals surface area contributed by atoms with Crippen LogP contribution in [0.15, 0.2) is 18.3 Å². The molecule has 0 amide bonds. The molecule has 6 rings (SSSR count). The van der Waals surface area contributed by atoms with Gasteiger partial charge < -0.3 is 15.5 Å². The van der Waals surface area contributed by atoms with E-state index in [2.05, 4.69) is 36.8 Å². The highest BCUT2D eigenvalue weighted by atomic mass is 19.3. The molecule has 2 aliphatic heterocycles. The number of rotatable bonds is 8. The Morgan fingerprint density at radius 3 is 2.83 bits per heavy atom. The Morgan fingerprint density at radius 1 is 1.27 bits per heavy atom. The molecule has 3 N–H and O–H groups in total. The third-order valence-electron chi connectivity index (χ3n) is 6.77. The third-order valence-corrected chi connectivity index (χ3v) is 6.77. The first-order valence-electron chi connectivity index (χ1n) is 10.9. The van der Waals surface area contributed by atoms with Crippen molar-refractivity contribution in [3.05, 3.63) is 24.0 Å². The van der Waals surface area contributed by atoms with Crippen LogP contribution in [-0.4, -0.2) is 51.8 Å². The van der Waals surface area contributed by atoms with Crippen LogP contribution in [0.1, 0.15) is 57.1 Å². The molecule has 2 aliphatic carbocycles. The predicted molar refractivity (Wildman–Crippen MR) is 111 cm³/mol. The lowest BCUT2D eigenvalue weighted by Crippen LogP contribution is -2.44. The molecule has 2 aromatic heterocycles. The molecule has 2 saturated heterocycles. The van der Waals surface area contributed by atoms with E-state index in [4.69, 9.17) is 4.98 Å². The molecule has 2 aromatic rings. The zero-order valence-corrected chi connectivity index (χ0v) is 17.3. The van der Waals surface area contributed by atoms with Crippen LogP contribution in [0.2, 0.25) is 0 Å². The molecule has 0 spiro atoms. The zero-order chi connectivity index (χ0) is 20.8. The number of hydrogen-bond acceptors (Lipinski definition) is 6. The molecule has 162 valence electrons. The monoisotopic (exact) mass is 417 g/mol. The van der Waals surface area contributed by atoms with Gasteiger partial charge in [-0.1, -0.05) is 12.8 Å². The van der Waals surface area contributed by atoms with Crippen LogP contribution in [-0.2, 0) is 0 Å². The van der Waals surface area contributed by atoms with Crippen molar-refractivity contribution >= 4 is 17.6 Å². The molecule has 0 unspecified atom stereocenters. The normalized spacial score (nSPS) is 26.2. The van der Waals surface area contributed by atoms with Crippen molar-refractivity contribution in [3.8, 4) is 0 Å². The summed E-state index contributed by atoms with van der Waals surface area (Å²) in [6.07, 6.45) is 8.78. The van der Waals surface area contributed by atoms with Crippen LogP contribution >= 0.6 is 0 Å². The molecule has 4 aliphatic rings. The lowest BCUT2D eigenvalue weighted by molar-refractivity contribution is 0.0185. The molecule has 7 nitrogen and oxygen atoms in total. The van der Waals surface area contributed by atoms with Gasteiger partial charge in [-0.15, -0.1) is 0 Å². The van der Waals surface area contributed by atoms with Crippen molar-refractivity contribution in [3.63, 3.8) is 0 Å². The number of aromatic nitrogens is 4. The fourth-order valence-corrected chi connectivity index (χ4v) is 5.30. The molecular formula is C21H29F2N7. The Balaban J connectivity index is 1.21. The zero-order valence-electron chi connectivity index (χ0n) is 17.3. The average molecular weight is 418 g/mol. The average Bonchev–Trinajstić information content (AvgIpc) is 3.43. The van der Waals surface area contributed by atoms with Crippen molar-refractivity contribution < 1.29 is 8.78 Å². The number of anilines is 3. The Labute approximate surface area is 175 Å². The molecule has 2 saturated carbocycles. The fraction of sp³-hybridized carbons (Fsp3) is 0.667. The number of alkyl halides is 2. The van der Waals surface area contributed by atoms with Crippen LogP contribution in [0.25, 0.3) is 0 Å². The van der Waals surface area contributed by atoms with Gasteiger partial charge in [-0.25, -0.2) is 13.8 Å². The number of aromatic amines is 1. The molecule has 30 heavy (non-hydrogen) atoms. The molecule has 2 bridgehead atoms. The maximum Gasteiger partial charge on any atom is 0.257 e. The number of nitrogens with one attached hydrogen (secondary N) is 3. The van der Waals surface area contributed by atoms with Gasteiger partial charge in [0, 0.05) is 55.3 Å². The topological polar surface area (TPSA) is 81.8 Å². The van der Waals surface area contributed by atoms with Gasteiger partial charge in [0.05, 0.1) is 6.54 Å². The van der Waals surface area contributed by atoms with Crippen LogP contribution < -0.4 is 15.5 Å². The number of nitrogens with zero attached hydrogens (tertiary/aromatic N) is 4. The van der Waals surface area contributed by atoms with Crippen LogP contribution in [0, 0.1) is 5.41 Å². The van der Waals surface area contributed by atoms with Crippen molar-refractivity contribution in [1.29, 1.82) is 0 Å². The van der Waals surface area contributed by atoms with Crippen molar-refractivity contribution in [2.45, 2.75) is 63.3 Å². The van der Waals surface area contributed by atoms with E-state index in [-0.39, 0.29) is 12.0 Å². The van der Waals surface area contributed by atoms with E-state index >= 15 is 0 Å².